The van der Waals surface area contributed by atoms with Gasteiger partial charge in [0, 0.05) is 10.6 Å². The highest BCUT2D eigenvalue weighted by atomic mass is 31.2. The molecule has 3 nitrogen and oxygen atoms in total. The lowest BCUT2D eigenvalue weighted by atomic mass is 10.2. The largest absolute Gasteiger partial charge is 0.491 e. The van der Waals surface area contributed by atoms with Gasteiger partial charge in [-0.25, -0.2) is 0 Å². The average molecular weight is 398 g/mol. The van der Waals surface area contributed by atoms with E-state index in [0.717, 1.165) is 12.1 Å². The Labute approximate surface area is 157 Å². The van der Waals surface area contributed by atoms with Gasteiger partial charge in [-0.05, 0) is 68.8 Å². The highest BCUT2D eigenvalue weighted by molar-refractivity contribution is 7.74. The molecule has 0 fully saturated rings. The first-order valence-corrected chi connectivity index (χ1v) is 10.1. The van der Waals surface area contributed by atoms with Gasteiger partial charge in [0.15, 0.2) is 0 Å². The summed E-state index contributed by atoms with van der Waals surface area (Å²) in [5, 5.41) is 0.563. The van der Waals surface area contributed by atoms with Gasteiger partial charge in [-0.15, -0.1) is 0 Å². The molecule has 0 saturated heterocycles. The van der Waals surface area contributed by atoms with Gasteiger partial charge in [0.1, 0.15) is 5.75 Å². The minimum Gasteiger partial charge on any atom is -0.491 e. The topological polar surface area (TPSA) is 35.5 Å². The van der Waals surface area contributed by atoms with Crippen molar-refractivity contribution in [2.24, 2.45) is 0 Å². The fraction of sp³-hybridized carbons (Fsp3) is 0.300. The Hall–Kier alpha value is -2.04. The van der Waals surface area contributed by atoms with E-state index in [1.54, 1.807) is 25.1 Å². The zero-order valence-corrected chi connectivity index (χ0v) is 16.3. The van der Waals surface area contributed by atoms with Crippen molar-refractivity contribution in [2.75, 3.05) is 6.61 Å². The van der Waals surface area contributed by atoms with E-state index in [1.807, 2.05) is 13.8 Å². The predicted molar refractivity (Wildman–Crippen MR) is 102 cm³/mol. The van der Waals surface area contributed by atoms with Gasteiger partial charge in [0.2, 0.25) is 0 Å². The summed E-state index contributed by atoms with van der Waals surface area (Å²) in [6.45, 7) is 9.33. The van der Waals surface area contributed by atoms with Gasteiger partial charge in [-0.1, -0.05) is 12.7 Å². The first-order chi connectivity index (χ1) is 12.6. The summed E-state index contributed by atoms with van der Waals surface area (Å²) in [6.07, 6.45) is -2.98. The second-order valence-corrected chi connectivity index (χ2v) is 8.46. The summed E-state index contributed by atoms with van der Waals surface area (Å²) in [5.74, 6) is 0.583. The number of hydrogen-bond donors (Lipinski definition) is 0. The second kappa shape index (κ2) is 8.32. The minimum absolute atomic E-state index is 0.0397. The Bertz CT molecular complexity index is 843. The van der Waals surface area contributed by atoms with E-state index in [2.05, 4.69) is 6.58 Å². The molecule has 2 rings (SSSR count). The molecule has 1 unspecified atom stereocenters. The van der Waals surface area contributed by atoms with E-state index in [1.165, 1.54) is 18.2 Å². The molecule has 0 spiro atoms. The molecular formula is C20H22F3O3P. The highest BCUT2D eigenvalue weighted by Gasteiger charge is 2.34. The average Bonchev–Trinajstić information content (AvgIpc) is 2.60. The number of hydrogen-bond acceptors (Lipinski definition) is 3. The monoisotopic (exact) mass is 398 g/mol. The van der Waals surface area contributed by atoms with E-state index < -0.39 is 19.1 Å². The molecule has 0 radical (unpaired) electrons. The number of alkyl halides is 3. The maximum atomic E-state index is 13.7. The smallest absolute Gasteiger partial charge is 0.416 e. The van der Waals surface area contributed by atoms with Gasteiger partial charge < -0.3 is 9.26 Å². The fourth-order valence-electron chi connectivity index (χ4n) is 2.62. The van der Waals surface area contributed by atoms with Crippen molar-refractivity contribution in [3.63, 3.8) is 0 Å². The summed E-state index contributed by atoms with van der Waals surface area (Å²) in [6, 6.07) is 9.18. The Kier molecular flexibility index (Phi) is 6.55. The SMILES string of the molecule is C=Cc1cc(OC(C)C)ccc1P(=O)(OCC)c1ccc(C(F)(F)F)cc1. The summed E-state index contributed by atoms with van der Waals surface area (Å²) in [5.41, 5.74) is -0.260. The van der Waals surface area contributed by atoms with Crippen LogP contribution in [0.1, 0.15) is 31.9 Å². The number of benzene rings is 2. The summed E-state index contributed by atoms with van der Waals surface area (Å²) >= 11 is 0. The normalized spacial score (nSPS) is 14.0. The molecule has 27 heavy (non-hydrogen) atoms. The Morgan fingerprint density at radius 2 is 1.78 bits per heavy atom. The van der Waals surface area contributed by atoms with Gasteiger partial charge in [0.05, 0.1) is 18.3 Å². The zero-order chi connectivity index (χ0) is 20.2. The van der Waals surface area contributed by atoms with Crippen LogP contribution in [-0.4, -0.2) is 12.7 Å². The summed E-state index contributed by atoms with van der Waals surface area (Å²) < 4.78 is 63.4. The van der Waals surface area contributed by atoms with Crippen LogP contribution in [0.5, 0.6) is 5.75 Å². The quantitative estimate of drug-likeness (QED) is 0.586. The zero-order valence-electron chi connectivity index (χ0n) is 15.4. The molecule has 1 atom stereocenters. The van der Waals surface area contributed by atoms with Crippen LogP contribution in [0.3, 0.4) is 0 Å². The number of ether oxygens (including phenoxy) is 1. The van der Waals surface area contributed by atoms with Crippen molar-refractivity contribution in [1.29, 1.82) is 0 Å². The first kappa shape index (κ1) is 21.3. The van der Waals surface area contributed by atoms with Crippen molar-refractivity contribution in [3.8, 4) is 5.75 Å². The maximum absolute atomic E-state index is 13.7. The summed E-state index contributed by atoms with van der Waals surface area (Å²) in [7, 11) is -3.60. The number of halogens is 3. The molecule has 146 valence electrons. The van der Waals surface area contributed by atoms with E-state index in [-0.39, 0.29) is 18.0 Å². The Balaban J connectivity index is 2.55. The number of rotatable bonds is 7. The van der Waals surface area contributed by atoms with Crippen LogP contribution in [0.15, 0.2) is 49.0 Å². The molecule has 0 aliphatic rings. The molecule has 0 bridgehead atoms. The lowest BCUT2D eigenvalue weighted by molar-refractivity contribution is -0.137. The van der Waals surface area contributed by atoms with E-state index >= 15 is 0 Å². The lowest BCUT2D eigenvalue weighted by Crippen LogP contribution is -2.21. The van der Waals surface area contributed by atoms with Crippen molar-refractivity contribution in [2.45, 2.75) is 33.1 Å². The van der Waals surface area contributed by atoms with Crippen LogP contribution in [0.2, 0.25) is 0 Å². The van der Waals surface area contributed by atoms with Gasteiger partial charge >= 0.3 is 6.18 Å². The molecule has 0 N–H and O–H groups in total. The molecule has 0 aliphatic heterocycles. The third-order valence-corrected chi connectivity index (χ3v) is 6.39. The highest BCUT2D eigenvalue weighted by Crippen LogP contribution is 2.46. The van der Waals surface area contributed by atoms with E-state index in [4.69, 9.17) is 9.26 Å². The molecule has 2 aromatic rings. The molecule has 0 heterocycles. The van der Waals surface area contributed by atoms with Crippen LogP contribution in [0.25, 0.3) is 6.08 Å². The molecule has 0 saturated carbocycles. The van der Waals surface area contributed by atoms with E-state index in [9.17, 15) is 17.7 Å². The molecule has 7 heteroatoms. The second-order valence-electron chi connectivity index (χ2n) is 6.11. The van der Waals surface area contributed by atoms with Gasteiger partial charge in [-0.3, -0.25) is 4.57 Å². The standard InChI is InChI=1S/C20H22F3O3P/c1-5-15-13-17(26-14(3)4)9-12-19(15)27(24,25-6-2)18-10-7-16(8-11-18)20(21,22)23/h5,7-14H,1,6H2,2-4H3. The third kappa shape index (κ3) is 4.82. The van der Waals surface area contributed by atoms with Crippen LogP contribution in [-0.2, 0) is 15.3 Å². The first-order valence-electron chi connectivity index (χ1n) is 8.48. The predicted octanol–water partition coefficient (Wildman–Crippen LogP) is 5.40. The minimum atomic E-state index is -4.46. The van der Waals surface area contributed by atoms with Crippen LogP contribution >= 0.6 is 7.37 Å². The fourth-order valence-corrected chi connectivity index (χ4v) is 4.86. The third-order valence-electron chi connectivity index (χ3n) is 3.75. The maximum Gasteiger partial charge on any atom is 0.416 e. The molecule has 0 amide bonds. The van der Waals surface area contributed by atoms with Crippen molar-refractivity contribution in [3.05, 3.63) is 60.2 Å². The van der Waals surface area contributed by atoms with Crippen LogP contribution in [0, 0.1) is 0 Å². The van der Waals surface area contributed by atoms with Crippen molar-refractivity contribution >= 4 is 24.1 Å². The summed E-state index contributed by atoms with van der Waals surface area (Å²) in [4.78, 5) is 0. The Morgan fingerprint density at radius 1 is 1.15 bits per heavy atom. The molecular weight excluding hydrogens is 376 g/mol. The molecule has 0 aromatic heterocycles. The van der Waals surface area contributed by atoms with Crippen LogP contribution in [0.4, 0.5) is 13.2 Å². The van der Waals surface area contributed by atoms with Crippen molar-refractivity contribution in [1.82, 2.24) is 0 Å². The molecule has 0 aliphatic carbocycles. The van der Waals surface area contributed by atoms with Crippen molar-refractivity contribution < 1.29 is 27.0 Å². The van der Waals surface area contributed by atoms with Crippen LogP contribution < -0.4 is 15.3 Å². The van der Waals surface area contributed by atoms with Gasteiger partial charge in [0.25, 0.3) is 7.37 Å². The lowest BCUT2D eigenvalue weighted by Gasteiger charge is -2.22. The Morgan fingerprint density at radius 3 is 2.26 bits per heavy atom. The van der Waals surface area contributed by atoms with E-state index in [0.29, 0.717) is 16.6 Å². The molecule has 2 aromatic carbocycles. The van der Waals surface area contributed by atoms with Gasteiger partial charge in [-0.2, -0.15) is 13.2 Å².